The highest BCUT2D eigenvalue weighted by Crippen LogP contribution is 2.43. The van der Waals surface area contributed by atoms with E-state index in [1.165, 1.54) is 0 Å². The molecule has 4 heteroatoms. The van der Waals surface area contributed by atoms with Crippen LogP contribution in [0.1, 0.15) is 0 Å². The van der Waals surface area contributed by atoms with Gasteiger partial charge in [-0.05, 0) is 104 Å². The van der Waals surface area contributed by atoms with Gasteiger partial charge in [0.15, 0.2) is 0 Å². The van der Waals surface area contributed by atoms with Gasteiger partial charge in [-0.1, -0.05) is 243 Å². The number of nitrogens with zero attached hydrogens (tertiary/aromatic N) is 2. The molecule has 14 aromatic rings. The van der Waals surface area contributed by atoms with Gasteiger partial charge in [-0.15, -0.1) is 0 Å². The molecule has 4 nitrogen and oxygen atoms in total. The molecule has 0 atom stereocenters. The maximum atomic E-state index is 12.1. The molecule has 0 aliphatic rings. The molecule has 0 fully saturated rings. The normalized spacial score (nSPS) is 11.1. The third-order valence-corrected chi connectivity index (χ3v) is 16.2. The van der Waals surface area contributed by atoms with Crippen molar-refractivity contribution in [2.75, 3.05) is 0 Å². The third kappa shape index (κ3) is 10.4. The van der Waals surface area contributed by atoms with Gasteiger partial charge in [0, 0.05) is 93.0 Å². The Morgan fingerprint density at radius 1 is 0.163 bits per heavy atom. The van der Waals surface area contributed by atoms with E-state index in [-0.39, 0.29) is 11.5 Å². The smallest absolute Gasteiger partial charge is 0.219 e. The number of pyridine rings is 2. The molecule has 0 aliphatic heterocycles. The number of aromatic hydroxyl groups is 2. The molecule has 0 aliphatic carbocycles. The van der Waals surface area contributed by atoms with Crippen LogP contribution in [0.25, 0.3) is 134 Å². The van der Waals surface area contributed by atoms with Crippen molar-refractivity contribution >= 4 is 0 Å². The van der Waals surface area contributed by atoms with E-state index >= 15 is 0 Å². The van der Waals surface area contributed by atoms with E-state index in [9.17, 15) is 10.2 Å². The number of rotatable bonds is 13. The summed E-state index contributed by atoms with van der Waals surface area (Å²) in [6.45, 7) is 0. The summed E-state index contributed by atoms with van der Waals surface area (Å²) in [5.41, 5.74) is 23.5. The van der Waals surface area contributed by atoms with Gasteiger partial charge in [0.1, 0.15) is 11.5 Å². The number of hydrogen-bond acceptors (Lipinski definition) is 2. The zero-order chi connectivity index (χ0) is 57.8. The van der Waals surface area contributed by atoms with Crippen molar-refractivity contribution in [3.63, 3.8) is 0 Å². The van der Waals surface area contributed by atoms with E-state index in [0.29, 0.717) is 0 Å². The average Bonchev–Trinajstić information content (AvgIpc) is 1.08. The highest BCUT2D eigenvalue weighted by atomic mass is 16.3. The maximum Gasteiger partial charge on any atom is 0.219 e. The average molecular weight is 1100 g/mol. The lowest BCUT2D eigenvalue weighted by atomic mass is 9.93. The third-order valence-electron chi connectivity index (χ3n) is 16.2. The number of benzene rings is 12. The molecule has 0 spiro atoms. The lowest BCUT2D eigenvalue weighted by Gasteiger charge is -2.16. The van der Waals surface area contributed by atoms with Crippen molar-refractivity contribution in [2.24, 2.45) is 0 Å². The van der Waals surface area contributed by atoms with Crippen LogP contribution in [-0.4, -0.2) is 10.2 Å². The van der Waals surface area contributed by atoms with Crippen molar-refractivity contribution in [2.45, 2.75) is 0 Å². The Labute approximate surface area is 502 Å². The fourth-order valence-electron chi connectivity index (χ4n) is 11.9. The first-order valence-corrected chi connectivity index (χ1v) is 29.1. The summed E-state index contributed by atoms with van der Waals surface area (Å²) in [6.07, 6.45) is 0. The predicted octanol–water partition coefficient (Wildman–Crippen LogP) is 20.0. The molecule has 2 heterocycles. The summed E-state index contributed by atoms with van der Waals surface area (Å²) < 4.78 is 4.69. The Kier molecular flexibility index (Phi) is 14.3. The van der Waals surface area contributed by atoms with Gasteiger partial charge in [0.25, 0.3) is 0 Å². The molecule has 406 valence electrons. The van der Waals surface area contributed by atoms with Crippen molar-refractivity contribution in [1.82, 2.24) is 0 Å². The molecule has 0 bridgehead atoms. The summed E-state index contributed by atoms with van der Waals surface area (Å²) in [5.74, 6) is 0.483. The molecule has 2 N–H and O–H groups in total. The van der Waals surface area contributed by atoms with Crippen LogP contribution in [0.15, 0.2) is 340 Å². The van der Waals surface area contributed by atoms with Gasteiger partial charge in [-0.2, -0.15) is 9.13 Å². The monoisotopic (exact) mass is 1100 g/mol. The van der Waals surface area contributed by atoms with Crippen LogP contribution < -0.4 is 9.13 Å². The first kappa shape index (κ1) is 52.6. The highest BCUT2D eigenvalue weighted by Gasteiger charge is 2.30. The number of hydrogen-bond donors (Lipinski definition) is 2. The lowest BCUT2D eigenvalue weighted by molar-refractivity contribution is -0.572. The molecule has 0 radical (unpaired) electrons. The fraction of sp³-hybridized carbons (Fsp3) is 0. The zero-order valence-electron chi connectivity index (χ0n) is 47.1. The molecule has 2 aromatic heterocycles. The van der Waals surface area contributed by atoms with E-state index in [1.54, 1.807) is 0 Å². The van der Waals surface area contributed by atoms with Crippen molar-refractivity contribution in [1.29, 1.82) is 0 Å². The second-order valence-corrected chi connectivity index (χ2v) is 21.6. The quantitative estimate of drug-likeness (QED) is 0.113. The van der Waals surface area contributed by atoms with E-state index in [1.807, 2.05) is 72.8 Å². The van der Waals surface area contributed by atoms with Gasteiger partial charge in [-0.25, -0.2) is 0 Å². The largest absolute Gasteiger partial charge is 0.507 e. The first-order chi connectivity index (χ1) is 42.5. The Hall–Kier alpha value is -11.5. The predicted molar refractivity (Wildman–Crippen MR) is 353 cm³/mol. The van der Waals surface area contributed by atoms with Crippen LogP contribution in [0.5, 0.6) is 11.5 Å². The van der Waals surface area contributed by atoms with Gasteiger partial charge in [-0.3, -0.25) is 0 Å². The molecular formula is C82H58N2O2+2. The second-order valence-electron chi connectivity index (χ2n) is 21.6. The van der Waals surface area contributed by atoms with Crippen LogP contribution in [0.2, 0.25) is 0 Å². The number of phenols is 2. The van der Waals surface area contributed by atoms with Crippen LogP contribution in [-0.2, 0) is 0 Å². The van der Waals surface area contributed by atoms with E-state index in [0.717, 1.165) is 134 Å². The summed E-state index contributed by atoms with van der Waals surface area (Å²) in [6, 6.07) is 118. The standard InChI is InChI=1S/C82H56N2O2/c85-81-73(61-25-9-1-10-26-61)53-71(54-74(81)62-27-11-2-12-28-62)83-77(65-33-17-5-18-34-65)49-69(50-78(83)66-35-19-6-20-36-66)59-45-41-57(42-46-59)58-43-47-60(48-44-58)70-51-79(67-37-21-7-22-38-67)84(80(52-70)68-39-23-8-24-40-68)72-55-75(63-29-13-3-14-30-63)82(86)76(56-72)64-31-15-4-16-32-64/h1-56H/p+2. The Balaban J connectivity index is 0.873. The number of aromatic nitrogens is 2. The minimum Gasteiger partial charge on any atom is -0.507 e. The molecular weight excluding hydrogens is 1040 g/mol. The summed E-state index contributed by atoms with van der Waals surface area (Å²) in [5, 5.41) is 24.2. The summed E-state index contributed by atoms with van der Waals surface area (Å²) in [4.78, 5) is 0. The molecule has 0 saturated carbocycles. The van der Waals surface area contributed by atoms with Crippen molar-refractivity contribution < 1.29 is 19.3 Å². The summed E-state index contributed by atoms with van der Waals surface area (Å²) >= 11 is 0. The molecule has 14 rings (SSSR count). The highest BCUT2D eigenvalue weighted by molar-refractivity contribution is 5.87. The lowest BCUT2D eigenvalue weighted by Crippen LogP contribution is -2.36. The Bertz CT molecular complexity index is 4130. The maximum absolute atomic E-state index is 12.1. The van der Waals surface area contributed by atoms with Gasteiger partial charge in [0.05, 0.1) is 0 Å². The van der Waals surface area contributed by atoms with Crippen molar-refractivity contribution in [3.05, 3.63) is 340 Å². The first-order valence-electron chi connectivity index (χ1n) is 29.1. The van der Waals surface area contributed by atoms with E-state index < -0.39 is 0 Å². The van der Waals surface area contributed by atoms with Crippen LogP contribution >= 0.6 is 0 Å². The fourth-order valence-corrected chi connectivity index (χ4v) is 11.9. The molecule has 0 unspecified atom stereocenters. The molecule has 0 saturated heterocycles. The number of phenolic OH excluding ortho intramolecular Hbond substituents is 2. The van der Waals surface area contributed by atoms with Gasteiger partial charge in [0.2, 0.25) is 34.2 Å². The minimum atomic E-state index is 0.241. The van der Waals surface area contributed by atoms with E-state index in [4.69, 9.17) is 0 Å². The SMILES string of the molecule is Oc1c(-c2ccccc2)cc(-[n+]2c(-c3ccccc3)cc(-c3ccc(-c4ccc(-c5cc(-c6ccccc6)[n+](-c6cc(-c7ccccc7)c(O)c(-c7ccccc7)c6)c(-c6ccccc6)c5)cc4)cc3)cc2-c2ccccc2)cc1-c1ccccc1. The zero-order valence-corrected chi connectivity index (χ0v) is 47.1. The van der Waals surface area contributed by atoms with Crippen LogP contribution in [0, 0.1) is 0 Å². The topological polar surface area (TPSA) is 48.2 Å². The van der Waals surface area contributed by atoms with Gasteiger partial charge >= 0.3 is 0 Å². The van der Waals surface area contributed by atoms with Crippen LogP contribution in [0.4, 0.5) is 0 Å². The van der Waals surface area contributed by atoms with Crippen molar-refractivity contribution in [3.8, 4) is 146 Å². The second kappa shape index (κ2) is 23.4. The Morgan fingerprint density at radius 3 is 0.535 bits per heavy atom. The molecule has 0 amide bonds. The minimum absolute atomic E-state index is 0.241. The summed E-state index contributed by atoms with van der Waals surface area (Å²) in [7, 11) is 0. The van der Waals surface area contributed by atoms with Gasteiger partial charge < -0.3 is 10.2 Å². The van der Waals surface area contributed by atoms with Crippen LogP contribution in [0.3, 0.4) is 0 Å². The van der Waals surface area contributed by atoms with E-state index in [2.05, 4.69) is 276 Å². The molecule has 86 heavy (non-hydrogen) atoms. The Morgan fingerprint density at radius 2 is 0.337 bits per heavy atom. The molecule has 12 aromatic carbocycles.